The molecule has 1 aliphatic rings. The Morgan fingerprint density at radius 1 is 1.15 bits per heavy atom. The number of nitrogens with zero attached hydrogens (tertiary/aromatic N) is 3. The molecule has 2 aromatic carbocycles. The normalized spacial score (nSPS) is 17.1. The molecule has 3 N–H and O–H groups in total. The molecule has 2 aromatic heterocycles. The van der Waals surface area contributed by atoms with Crippen LogP contribution in [0.1, 0.15) is 6.42 Å². The van der Waals surface area contributed by atoms with Crippen LogP contribution in [-0.2, 0) is 0 Å². The van der Waals surface area contributed by atoms with Gasteiger partial charge in [-0.2, -0.15) is 0 Å². The molecular weight excluding hydrogens is 361 g/mol. The van der Waals surface area contributed by atoms with Gasteiger partial charge in [-0.05, 0) is 30.7 Å². The van der Waals surface area contributed by atoms with Crippen LogP contribution in [0.15, 0.2) is 48.7 Å². The van der Waals surface area contributed by atoms with Gasteiger partial charge in [0.25, 0.3) is 0 Å². The van der Waals surface area contributed by atoms with Gasteiger partial charge in [-0.15, -0.1) is 10.2 Å². The molecule has 0 saturated carbocycles. The molecule has 0 radical (unpaired) electrons. The van der Waals surface area contributed by atoms with Crippen molar-refractivity contribution in [1.82, 2.24) is 15.2 Å². The average Bonchev–Trinajstić information content (AvgIpc) is 3.40. The van der Waals surface area contributed by atoms with Gasteiger partial charge in [0.05, 0.1) is 0 Å². The highest BCUT2D eigenvalue weighted by molar-refractivity contribution is 7.18. The van der Waals surface area contributed by atoms with Crippen molar-refractivity contribution in [2.24, 2.45) is 5.73 Å². The van der Waals surface area contributed by atoms with Crippen molar-refractivity contribution in [3.8, 4) is 21.7 Å². The molecule has 1 atom stereocenters. The lowest BCUT2D eigenvalue weighted by atomic mass is 10.0. The molecule has 5 nitrogen and oxygen atoms in total. The lowest BCUT2D eigenvalue weighted by molar-refractivity contribution is 0.631. The fraction of sp³-hybridized carbons (Fsp3) is 0.200. The first-order valence-electron chi connectivity index (χ1n) is 8.89. The summed E-state index contributed by atoms with van der Waals surface area (Å²) in [6, 6.07) is 13.1. The zero-order valence-electron chi connectivity index (χ0n) is 14.5. The largest absolute Gasteiger partial charge is 0.361 e. The number of aromatic amines is 1. The quantitative estimate of drug-likeness (QED) is 0.564. The Morgan fingerprint density at radius 3 is 2.85 bits per heavy atom. The van der Waals surface area contributed by atoms with Crippen LogP contribution >= 0.6 is 11.3 Å². The van der Waals surface area contributed by atoms with Crippen molar-refractivity contribution >= 4 is 27.4 Å². The highest BCUT2D eigenvalue weighted by Crippen LogP contribution is 2.35. The standard InChI is InChI=1S/C20H18FN5S/c21-17-4-2-1-3-14(17)16-10-23-18-6-5-12(9-15(16)18)19-24-25-20(27-19)26-8-7-13(22)11-26/h1-6,9-10,13,23H,7-8,11,22H2/t13-/m1/s1. The number of nitrogens with two attached hydrogens (primary N) is 1. The van der Waals surface area contributed by atoms with Crippen LogP contribution in [0.3, 0.4) is 0 Å². The first-order chi connectivity index (χ1) is 13.2. The van der Waals surface area contributed by atoms with E-state index in [-0.39, 0.29) is 11.9 Å². The number of aromatic nitrogens is 3. The van der Waals surface area contributed by atoms with Gasteiger partial charge in [0.1, 0.15) is 10.8 Å². The Hall–Kier alpha value is -2.77. The van der Waals surface area contributed by atoms with E-state index in [4.69, 9.17) is 5.73 Å². The summed E-state index contributed by atoms with van der Waals surface area (Å²) in [5, 5.41) is 11.4. The fourth-order valence-corrected chi connectivity index (χ4v) is 4.45. The van der Waals surface area contributed by atoms with Crippen molar-refractivity contribution in [3.05, 3.63) is 54.5 Å². The van der Waals surface area contributed by atoms with E-state index in [1.807, 2.05) is 30.5 Å². The van der Waals surface area contributed by atoms with Gasteiger partial charge in [-0.25, -0.2) is 4.39 Å². The molecule has 0 amide bonds. The van der Waals surface area contributed by atoms with Gasteiger partial charge in [-0.1, -0.05) is 29.5 Å². The number of rotatable bonds is 3. The maximum Gasteiger partial charge on any atom is 0.208 e. The van der Waals surface area contributed by atoms with E-state index in [2.05, 4.69) is 20.1 Å². The Labute approximate surface area is 159 Å². The van der Waals surface area contributed by atoms with E-state index >= 15 is 0 Å². The maximum atomic E-state index is 14.3. The minimum absolute atomic E-state index is 0.205. The summed E-state index contributed by atoms with van der Waals surface area (Å²) in [7, 11) is 0. The monoisotopic (exact) mass is 379 g/mol. The van der Waals surface area contributed by atoms with Crippen LogP contribution in [0.25, 0.3) is 32.6 Å². The summed E-state index contributed by atoms with van der Waals surface area (Å²) in [6.07, 6.45) is 2.83. The van der Waals surface area contributed by atoms with Crippen LogP contribution < -0.4 is 10.6 Å². The zero-order chi connectivity index (χ0) is 18.4. The van der Waals surface area contributed by atoms with Crippen molar-refractivity contribution < 1.29 is 4.39 Å². The highest BCUT2D eigenvalue weighted by Gasteiger charge is 2.22. The van der Waals surface area contributed by atoms with E-state index < -0.39 is 0 Å². The number of nitrogens with one attached hydrogen (secondary N) is 1. The number of benzene rings is 2. The molecule has 5 rings (SSSR count). The van der Waals surface area contributed by atoms with Crippen LogP contribution in [0.4, 0.5) is 9.52 Å². The minimum Gasteiger partial charge on any atom is -0.361 e. The topological polar surface area (TPSA) is 70.8 Å². The van der Waals surface area contributed by atoms with E-state index in [9.17, 15) is 4.39 Å². The summed E-state index contributed by atoms with van der Waals surface area (Å²) >= 11 is 1.57. The van der Waals surface area contributed by atoms with Gasteiger partial charge < -0.3 is 15.6 Å². The lowest BCUT2D eigenvalue weighted by Crippen LogP contribution is -2.26. The van der Waals surface area contributed by atoms with Crippen molar-refractivity contribution in [2.45, 2.75) is 12.5 Å². The Morgan fingerprint density at radius 2 is 2.04 bits per heavy atom. The summed E-state index contributed by atoms with van der Waals surface area (Å²) in [6.45, 7) is 1.74. The van der Waals surface area contributed by atoms with Crippen molar-refractivity contribution in [1.29, 1.82) is 0 Å². The van der Waals surface area contributed by atoms with Gasteiger partial charge in [0, 0.05) is 52.9 Å². The van der Waals surface area contributed by atoms with E-state index in [0.29, 0.717) is 5.56 Å². The molecule has 4 aromatic rings. The second-order valence-electron chi connectivity index (χ2n) is 6.83. The average molecular weight is 379 g/mol. The van der Waals surface area contributed by atoms with E-state index in [0.717, 1.165) is 51.7 Å². The molecule has 1 aliphatic heterocycles. The number of hydrogen-bond donors (Lipinski definition) is 2. The van der Waals surface area contributed by atoms with Crippen LogP contribution in [0.2, 0.25) is 0 Å². The van der Waals surface area contributed by atoms with Crippen molar-refractivity contribution in [3.63, 3.8) is 0 Å². The predicted octanol–water partition coefficient (Wildman–Crippen LogP) is 4.03. The number of fused-ring (bicyclic) bond motifs is 1. The van der Waals surface area contributed by atoms with Gasteiger partial charge in [-0.3, -0.25) is 0 Å². The molecule has 0 spiro atoms. The molecule has 3 heterocycles. The molecule has 7 heteroatoms. The van der Waals surface area contributed by atoms with E-state index in [1.165, 1.54) is 6.07 Å². The number of anilines is 1. The van der Waals surface area contributed by atoms with Gasteiger partial charge >= 0.3 is 0 Å². The molecular formula is C20H18FN5S. The van der Waals surface area contributed by atoms with Crippen LogP contribution in [-0.4, -0.2) is 34.3 Å². The maximum absolute atomic E-state index is 14.3. The summed E-state index contributed by atoms with van der Waals surface area (Å²) < 4.78 is 14.3. The zero-order valence-corrected chi connectivity index (χ0v) is 15.3. The van der Waals surface area contributed by atoms with Crippen molar-refractivity contribution in [2.75, 3.05) is 18.0 Å². The Bertz CT molecular complexity index is 1120. The first kappa shape index (κ1) is 16.4. The highest BCUT2D eigenvalue weighted by atomic mass is 32.1. The second kappa shape index (κ2) is 6.44. The molecule has 0 unspecified atom stereocenters. The lowest BCUT2D eigenvalue weighted by Gasteiger charge is -2.12. The molecule has 0 aliphatic carbocycles. The Balaban J connectivity index is 1.54. The SMILES string of the molecule is N[C@@H]1CCN(c2nnc(-c3ccc4[nH]cc(-c5ccccc5F)c4c3)s2)C1. The number of halogens is 1. The molecule has 1 fully saturated rings. The summed E-state index contributed by atoms with van der Waals surface area (Å²) in [5.74, 6) is -0.229. The molecule has 27 heavy (non-hydrogen) atoms. The predicted molar refractivity (Wildman–Crippen MR) is 107 cm³/mol. The van der Waals surface area contributed by atoms with E-state index in [1.54, 1.807) is 23.5 Å². The molecule has 136 valence electrons. The summed E-state index contributed by atoms with van der Waals surface area (Å²) in [4.78, 5) is 5.41. The summed E-state index contributed by atoms with van der Waals surface area (Å²) in [5.41, 5.74) is 9.37. The van der Waals surface area contributed by atoms with Gasteiger partial charge in [0.15, 0.2) is 0 Å². The minimum atomic E-state index is -0.229. The number of hydrogen-bond acceptors (Lipinski definition) is 5. The first-order valence-corrected chi connectivity index (χ1v) is 9.71. The molecule has 0 bridgehead atoms. The smallest absolute Gasteiger partial charge is 0.208 e. The third-order valence-electron chi connectivity index (χ3n) is 5.00. The van der Waals surface area contributed by atoms with Crippen LogP contribution in [0.5, 0.6) is 0 Å². The third-order valence-corrected chi connectivity index (χ3v) is 6.04. The third kappa shape index (κ3) is 2.89. The second-order valence-corrected chi connectivity index (χ2v) is 7.78. The number of H-pyrrole nitrogens is 1. The molecule has 1 saturated heterocycles. The van der Waals surface area contributed by atoms with Gasteiger partial charge in [0.2, 0.25) is 5.13 Å². The fourth-order valence-electron chi connectivity index (χ4n) is 3.58. The van der Waals surface area contributed by atoms with Crippen LogP contribution in [0, 0.1) is 5.82 Å². The Kier molecular flexibility index (Phi) is 3.91.